The minimum atomic E-state index is -0.461. The number of carbonyl (C=O) groups is 1. The maximum atomic E-state index is 12.4. The molecule has 43 heavy (non-hydrogen) atoms. The van der Waals surface area contributed by atoms with Gasteiger partial charge in [0.25, 0.3) is 0 Å². The summed E-state index contributed by atoms with van der Waals surface area (Å²) in [5.74, 6) is -0.461. The Balaban J connectivity index is 1.95. The van der Waals surface area contributed by atoms with Crippen LogP contribution in [0.4, 0.5) is 5.69 Å². The van der Waals surface area contributed by atoms with Crippen molar-refractivity contribution >= 4 is 22.6 Å². The molecule has 1 aromatic carbocycles. The predicted octanol–water partition coefficient (Wildman–Crippen LogP) is 11.1. The topological polar surface area (TPSA) is 59.8 Å². The van der Waals surface area contributed by atoms with E-state index in [4.69, 9.17) is 9.15 Å². The van der Waals surface area contributed by atoms with Crippen LogP contribution >= 0.6 is 0 Å². The standard InChI is InChI=1S/C38H61NO4/c1-5-7-9-11-13-15-17-19-21-23-27-39(28-24-22-20-18-16-14-12-10-8-6-2)34-25-26-35-33(31-42-38(41)32(3)4)29-37(40)43-36(35)30-34/h25-26,29-30H,3,5-24,27-28,31H2,1-2,4H3. The van der Waals surface area contributed by atoms with E-state index in [1.165, 1.54) is 134 Å². The lowest BCUT2D eigenvalue weighted by molar-refractivity contribution is -0.140. The highest BCUT2D eigenvalue weighted by Crippen LogP contribution is 2.26. The van der Waals surface area contributed by atoms with Crippen LogP contribution in [-0.2, 0) is 16.1 Å². The molecule has 0 N–H and O–H groups in total. The van der Waals surface area contributed by atoms with E-state index in [2.05, 4.69) is 31.4 Å². The van der Waals surface area contributed by atoms with Gasteiger partial charge in [0.15, 0.2) is 0 Å². The van der Waals surface area contributed by atoms with Crippen LogP contribution in [0, 0.1) is 0 Å². The molecule has 0 aliphatic rings. The minimum absolute atomic E-state index is 0.0219. The third-order valence-corrected chi connectivity index (χ3v) is 8.45. The molecule has 1 heterocycles. The van der Waals surface area contributed by atoms with Gasteiger partial charge in [-0.05, 0) is 31.9 Å². The third kappa shape index (κ3) is 15.6. The molecule has 0 aliphatic heterocycles. The van der Waals surface area contributed by atoms with Gasteiger partial charge in [0.05, 0.1) is 0 Å². The van der Waals surface area contributed by atoms with Gasteiger partial charge in [-0.15, -0.1) is 0 Å². The van der Waals surface area contributed by atoms with E-state index in [1.54, 1.807) is 6.92 Å². The first-order valence-electron chi connectivity index (χ1n) is 17.6. The molecule has 0 unspecified atom stereocenters. The highest BCUT2D eigenvalue weighted by Gasteiger charge is 2.13. The number of hydrogen-bond acceptors (Lipinski definition) is 5. The second kappa shape index (κ2) is 22.9. The van der Waals surface area contributed by atoms with Crippen molar-refractivity contribution in [3.05, 3.63) is 52.4 Å². The Kier molecular flexibility index (Phi) is 19.5. The van der Waals surface area contributed by atoms with Crippen molar-refractivity contribution < 1.29 is 13.9 Å². The minimum Gasteiger partial charge on any atom is -0.457 e. The molecular weight excluding hydrogens is 534 g/mol. The van der Waals surface area contributed by atoms with E-state index in [1.807, 2.05) is 12.1 Å². The fraction of sp³-hybridized carbons (Fsp3) is 0.684. The van der Waals surface area contributed by atoms with Crippen molar-refractivity contribution in [2.45, 2.75) is 156 Å². The number of benzene rings is 1. The fourth-order valence-corrected chi connectivity index (χ4v) is 5.75. The molecule has 0 saturated heterocycles. The highest BCUT2D eigenvalue weighted by atomic mass is 16.5. The van der Waals surface area contributed by atoms with Gasteiger partial charge in [0.1, 0.15) is 12.2 Å². The molecular formula is C38H61NO4. The number of unbranched alkanes of at least 4 members (excludes halogenated alkanes) is 18. The van der Waals surface area contributed by atoms with Gasteiger partial charge in [0.2, 0.25) is 0 Å². The third-order valence-electron chi connectivity index (χ3n) is 8.45. The lowest BCUT2D eigenvalue weighted by Gasteiger charge is -2.25. The van der Waals surface area contributed by atoms with Crippen LogP contribution in [-0.4, -0.2) is 19.1 Å². The number of fused-ring (bicyclic) bond motifs is 1. The molecule has 0 aliphatic carbocycles. The van der Waals surface area contributed by atoms with Crippen LogP contribution < -0.4 is 10.5 Å². The molecule has 2 aromatic rings. The van der Waals surface area contributed by atoms with Gasteiger partial charge in [-0.1, -0.05) is 136 Å². The molecule has 5 heteroatoms. The number of hydrogen-bond donors (Lipinski definition) is 0. The number of nitrogens with zero attached hydrogens (tertiary/aromatic N) is 1. The summed E-state index contributed by atoms with van der Waals surface area (Å²) in [5, 5.41) is 0.802. The number of anilines is 1. The molecule has 0 spiro atoms. The number of rotatable bonds is 26. The normalized spacial score (nSPS) is 11.2. The second-order valence-electron chi connectivity index (χ2n) is 12.5. The van der Waals surface area contributed by atoms with Gasteiger partial charge in [-0.3, -0.25) is 0 Å². The smallest absolute Gasteiger partial charge is 0.336 e. The molecule has 0 atom stereocenters. The van der Waals surface area contributed by atoms with E-state index in [0.717, 1.165) is 24.2 Å². The molecule has 1 aromatic heterocycles. The Morgan fingerprint density at radius 2 is 1.19 bits per heavy atom. The van der Waals surface area contributed by atoms with E-state index in [0.29, 0.717) is 16.7 Å². The SMILES string of the molecule is C=C(C)C(=O)OCc1cc(=O)oc2cc(N(CCCCCCCCCCCC)CCCCCCCCCCCC)ccc12. The highest BCUT2D eigenvalue weighted by molar-refractivity contribution is 5.87. The summed E-state index contributed by atoms with van der Waals surface area (Å²) in [5.41, 5.74) is 2.20. The lowest BCUT2D eigenvalue weighted by Crippen LogP contribution is -2.25. The Labute approximate surface area is 262 Å². The van der Waals surface area contributed by atoms with Gasteiger partial charge < -0.3 is 14.1 Å². The van der Waals surface area contributed by atoms with Crippen LogP contribution in [0.25, 0.3) is 11.0 Å². The summed E-state index contributed by atoms with van der Waals surface area (Å²) >= 11 is 0. The Bertz CT molecular complexity index is 1080. The van der Waals surface area contributed by atoms with E-state index in [9.17, 15) is 9.59 Å². The molecule has 0 radical (unpaired) electrons. The second-order valence-corrected chi connectivity index (χ2v) is 12.5. The van der Waals surface area contributed by atoms with Gasteiger partial charge >= 0.3 is 11.6 Å². The zero-order valence-corrected chi connectivity index (χ0v) is 27.9. The summed E-state index contributed by atoms with van der Waals surface area (Å²) in [7, 11) is 0. The lowest BCUT2D eigenvalue weighted by atomic mass is 10.1. The predicted molar refractivity (Wildman–Crippen MR) is 183 cm³/mol. The van der Waals surface area contributed by atoms with Gasteiger partial charge in [-0.25, -0.2) is 9.59 Å². The van der Waals surface area contributed by atoms with Crippen molar-refractivity contribution in [3.8, 4) is 0 Å². The zero-order chi connectivity index (χ0) is 31.1. The van der Waals surface area contributed by atoms with Crippen molar-refractivity contribution in [3.63, 3.8) is 0 Å². The maximum absolute atomic E-state index is 12.4. The first-order valence-corrected chi connectivity index (χ1v) is 17.6. The van der Waals surface area contributed by atoms with E-state index in [-0.39, 0.29) is 6.61 Å². The van der Waals surface area contributed by atoms with Gasteiger partial charge in [-0.2, -0.15) is 0 Å². The van der Waals surface area contributed by atoms with Crippen LogP contribution in [0.5, 0.6) is 0 Å². The average Bonchev–Trinajstić information content (AvgIpc) is 2.99. The number of esters is 1. The molecule has 242 valence electrons. The molecule has 0 fully saturated rings. The van der Waals surface area contributed by atoms with Crippen molar-refractivity contribution in [1.29, 1.82) is 0 Å². The summed E-state index contributed by atoms with van der Waals surface area (Å²) in [6.07, 6.45) is 26.5. The Hall–Kier alpha value is -2.56. The molecule has 0 saturated carbocycles. The summed E-state index contributed by atoms with van der Waals surface area (Å²) in [6, 6.07) is 7.53. The van der Waals surface area contributed by atoms with Gasteiger partial charge in [0, 0.05) is 47.4 Å². The monoisotopic (exact) mass is 595 g/mol. The van der Waals surface area contributed by atoms with Crippen LogP contribution in [0.3, 0.4) is 0 Å². The number of ether oxygens (including phenoxy) is 1. The van der Waals surface area contributed by atoms with Crippen LogP contribution in [0.2, 0.25) is 0 Å². The van der Waals surface area contributed by atoms with Crippen molar-refractivity contribution in [2.24, 2.45) is 0 Å². The Morgan fingerprint density at radius 3 is 1.65 bits per heavy atom. The summed E-state index contributed by atoms with van der Waals surface area (Å²) in [6.45, 7) is 11.8. The molecule has 2 rings (SSSR count). The zero-order valence-electron chi connectivity index (χ0n) is 27.9. The molecule has 0 amide bonds. The molecule has 0 bridgehead atoms. The van der Waals surface area contributed by atoms with Crippen molar-refractivity contribution in [1.82, 2.24) is 0 Å². The quantitative estimate of drug-likeness (QED) is 0.0468. The van der Waals surface area contributed by atoms with E-state index < -0.39 is 11.6 Å². The first kappa shape index (κ1) is 36.6. The van der Waals surface area contributed by atoms with E-state index >= 15 is 0 Å². The largest absolute Gasteiger partial charge is 0.457 e. The molecule has 5 nitrogen and oxygen atoms in total. The number of carbonyl (C=O) groups excluding carboxylic acids is 1. The van der Waals surface area contributed by atoms with Crippen LogP contribution in [0.15, 0.2) is 45.6 Å². The maximum Gasteiger partial charge on any atom is 0.336 e. The average molecular weight is 596 g/mol. The Morgan fingerprint density at radius 1 is 0.721 bits per heavy atom. The summed E-state index contributed by atoms with van der Waals surface area (Å²) in [4.78, 5) is 26.8. The van der Waals surface area contributed by atoms with Crippen molar-refractivity contribution in [2.75, 3.05) is 18.0 Å². The van der Waals surface area contributed by atoms with Crippen LogP contribution in [0.1, 0.15) is 155 Å². The summed E-state index contributed by atoms with van der Waals surface area (Å²) < 4.78 is 11.0. The first-order chi connectivity index (χ1) is 21.0. The fourth-order valence-electron chi connectivity index (χ4n) is 5.75.